The van der Waals surface area contributed by atoms with Crippen molar-refractivity contribution < 1.29 is 9.90 Å². The summed E-state index contributed by atoms with van der Waals surface area (Å²) >= 11 is 0. The van der Waals surface area contributed by atoms with E-state index in [1.54, 1.807) is 6.92 Å². The van der Waals surface area contributed by atoms with Crippen LogP contribution in [0.2, 0.25) is 0 Å². The monoisotopic (exact) mass is 272 g/mol. The zero-order valence-electron chi connectivity index (χ0n) is 13.0. The van der Waals surface area contributed by atoms with Crippen molar-refractivity contribution in [2.45, 2.75) is 65.4 Å². The Kier molecular flexibility index (Phi) is 9.02. The Balaban J connectivity index is 3.92. The van der Waals surface area contributed by atoms with E-state index in [1.165, 1.54) is 0 Å². The van der Waals surface area contributed by atoms with Gasteiger partial charge in [0.05, 0.1) is 5.60 Å². The van der Waals surface area contributed by atoms with Gasteiger partial charge < -0.3 is 16.2 Å². The van der Waals surface area contributed by atoms with Crippen LogP contribution in [0.1, 0.15) is 59.8 Å². The molecule has 0 fully saturated rings. The zero-order chi connectivity index (χ0) is 14.9. The molecule has 0 aliphatic rings. The predicted octanol–water partition coefficient (Wildman–Crippen LogP) is 2.05. The van der Waals surface area contributed by atoms with E-state index in [0.29, 0.717) is 37.8 Å². The number of nitrogens with one attached hydrogen (secondary N) is 1. The second-order valence-electron chi connectivity index (χ2n) is 6.26. The van der Waals surface area contributed by atoms with Crippen LogP contribution in [0.25, 0.3) is 0 Å². The number of carbonyl (C=O) groups excluding carboxylic acids is 1. The highest BCUT2D eigenvalue weighted by atomic mass is 16.3. The molecule has 0 bridgehead atoms. The lowest BCUT2D eigenvalue weighted by atomic mass is 9.94. The molecule has 19 heavy (non-hydrogen) atoms. The summed E-state index contributed by atoms with van der Waals surface area (Å²) in [5.41, 5.74) is 4.73. The molecule has 0 saturated carbocycles. The maximum Gasteiger partial charge on any atom is 0.220 e. The van der Waals surface area contributed by atoms with Gasteiger partial charge in [-0.1, -0.05) is 27.2 Å². The van der Waals surface area contributed by atoms with E-state index in [2.05, 4.69) is 26.1 Å². The van der Waals surface area contributed by atoms with Gasteiger partial charge in [-0.25, -0.2) is 0 Å². The minimum atomic E-state index is -0.814. The van der Waals surface area contributed by atoms with E-state index in [4.69, 9.17) is 5.73 Å². The van der Waals surface area contributed by atoms with E-state index in [1.807, 2.05) is 0 Å². The van der Waals surface area contributed by atoms with Gasteiger partial charge >= 0.3 is 0 Å². The molecule has 0 aliphatic carbocycles. The second kappa shape index (κ2) is 9.32. The highest BCUT2D eigenvalue weighted by Crippen LogP contribution is 2.16. The summed E-state index contributed by atoms with van der Waals surface area (Å²) in [4.78, 5) is 11.7. The Morgan fingerprint density at radius 2 is 2.00 bits per heavy atom. The minimum absolute atomic E-state index is 0.0273. The SMILES string of the molecule is CCC(CCN)CCC(=O)NCC(C)(O)CC(C)C. The minimum Gasteiger partial charge on any atom is -0.388 e. The van der Waals surface area contributed by atoms with Crippen molar-refractivity contribution in [3.8, 4) is 0 Å². The van der Waals surface area contributed by atoms with E-state index in [9.17, 15) is 9.90 Å². The molecule has 0 aromatic rings. The van der Waals surface area contributed by atoms with Crippen LogP contribution in [0.5, 0.6) is 0 Å². The summed E-state index contributed by atoms with van der Waals surface area (Å²) in [5.74, 6) is 0.979. The average Bonchev–Trinajstić information content (AvgIpc) is 2.30. The van der Waals surface area contributed by atoms with Crippen LogP contribution in [-0.2, 0) is 4.79 Å². The lowest BCUT2D eigenvalue weighted by Crippen LogP contribution is -2.41. The van der Waals surface area contributed by atoms with Crippen LogP contribution in [0.4, 0.5) is 0 Å². The first-order chi connectivity index (χ1) is 8.80. The molecule has 0 spiro atoms. The molecule has 0 rings (SSSR count). The molecular weight excluding hydrogens is 240 g/mol. The van der Waals surface area contributed by atoms with Crippen LogP contribution in [-0.4, -0.2) is 29.7 Å². The Morgan fingerprint density at radius 3 is 2.47 bits per heavy atom. The lowest BCUT2D eigenvalue weighted by Gasteiger charge is -2.25. The Labute approximate surface area is 118 Å². The van der Waals surface area contributed by atoms with Crippen molar-refractivity contribution >= 4 is 5.91 Å². The number of amides is 1. The van der Waals surface area contributed by atoms with Gasteiger partial charge in [0, 0.05) is 13.0 Å². The number of hydrogen-bond donors (Lipinski definition) is 3. The number of carbonyl (C=O) groups is 1. The van der Waals surface area contributed by atoms with Gasteiger partial charge in [0.25, 0.3) is 0 Å². The highest BCUT2D eigenvalue weighted by Gasteiger charge is 2.22. The third kappa shape index (κ3) is 9.91. The number of aliphatic hydroxyl groups is 1. The largest absolute Gasteiger partial charge is 0.388 e. The molecule has 0 radical (unpaired) electrons. The van der Waals surface area contributed by atoms with Gasteiger partial charge in [0.15, 0.2) is 0 Å². The third-order valence-electron chi connectivity index (χ3n) is 3.45. The summed E-state index contributed by atoms with van der Waals surface area (Å²) in [6.45, 7) is 9.05. The highest BCUT2D eigenvalue weighted by molar-refractivity contribution is 5.75. The second-order valence-corrected chi connectivity index (χ2v) is 6.26. The van der Waals surface area contributed by atoms with Gasteiger partial charge in [-0.3, -0.25) is 4.79 Å². The molecule has 0 aliphatic heterocycles. The van der Waals surface area contributed by atoms with Crippen molar-refractivity contribution in [3.05, 3.63) is 0 Å². The van der Waals surface area contributed by atoms with Crippen molar-refractivity contribution in [2.75, 3.05) is 13.1 Å². The Bertz CT molecular complexity index is 253. The van der Waals surface area contributed by atoms with E-state index >= 15 is 0 Å². The predicted molar refractivity (Wildman–Crippen MR) is 79.8 cm³/mol. The molecule has 114 valence electrons. The van der Waals surface area contributed by atoms with Crippen molar-refractivity contribution in [3.63, 3.8) is 0 Å². The molecule has 4 N–H and O–H groups in total. The van der Waals surface area contributed by atoms with E-state index in [0.717, 1.165) is 19.3 Å². The summed E-state index contributed by atoms with van der Waals surface area (Å²) in [6, 6.07) is 0. The van der Waals surface area contributed by atoms with Crippen molar-refractivity contribution in [2.24, 2.45) is 17.6 Å². The third-order valence-corrected chi connectivity index (χ3v) is 3.45. The number of hydrogen-bond acceptors (Lipinski definition) is 3. The zero-order valence-corrected chi connectivity index (χ0v) is 13.0. The molecule has 4 heteroatoms. The maximum absolute atomic E-state index is 11.7. The molecule has 0 aromatic carbocycles. The summed E-state index contributed by atoms with van der Waals surface area (Å²) < 4.78 is 0. The fraction of sp³-hybridized carbons (Fsp3) is 0.933. The topological polar surface area (TPSA) is 75.4 Å². The van der Waals surface area contributed by atoms with Gasteiger partial charge in [-0.2, -0.15) is 0 Å². The summed E-state index contributed by atoms with van der Waals surface area (Å²) in [7, 11) is 0. The standard InChI is InChI=1S/C15H32N2O2/c1-5-13(8-9-16)6-7-14(18)17-11-15(4,19)10-12(2)3/h12-13,19H,5-11,16H2,1-4H3,(H,17,18). The van der Waals surface area contributed by atoms with E-state index in [-0.39, 0.29) is 5.91 Å². The molecule has 4 nitrogen and oxygen atoms in total. The van der Waals surface area contributed by atoms with Crippen molar-refractivity contribution in [1.29, 1.82) is 0 Å². The molecule has 1 amide bonds. The van der Waals surface area contributed by atoms with Crippen LogP contribution < -0.4 is 11.1 Å². The fourth-order valence-corrected chi connectivity index (χ4v) is 2.45. The first-order valence-corrected chi connectivity index (χ1v) is 7.49. The van der Waals surface area contributed by atoms with Crippen molar-refractivity contribution in [1.82, 2.24) is 5.32 Å². The lowest BCUT2D eigenvalue weighted by molar-refractivity contribution is -0.122. The van der Waals surface area contributed by atoms with Crippen LogP contribution in [0, 0.1) is 11.8 Å². The summed E-state index contributed by atoms with van der Waals surface area (Å²) in [6.07, 6.45) is 4.14. The first kappa shape index (κ1) is 18.4. The Hall–Kier alpha value is -0.610. The summed E-state index contributed by atoms with van der Waals surface area (Å²) in [5, 5.41) is 12.9. The average molecular weight is 272 g/mol. The normalized spacial score (nSPS) is 16.2. The van der Waals surface area contributed by atoms with Gasteiger partial charge in [-0.05, 0) is 44.6 Å². The van der Waals surface area contributed by atoms with Crippen LogP contribution in [0.3, 0.4) is 0 Å². The fourth-order valence-electron chi connectivity index (χ4n) is 2.45. The Morgan fingerprint density at radius 1 is 1.37 bits per heavy atom. The van der Waals surface area contributed by atoms with Crippen LogP contribution in [0.15, 0.2) is 0 Å². The molecule has 2 atom stereocenters. The molecule has 2 unspecified atom stereocenters. The molecule has 0 heterocycles. The van der Waals surface area contributed by atoms with E-state index < -0.39 is 5.60 Å². The molecule has 0 saturated heterocycles. The first-order valence-electron chi connectivity index (χ1n) is 7.49. The number of nitrogens with two attached hydrogens (primary N) is 1. The molecule has 0 aromatic heterocycles. The van der Waals surface area contributed by atoms with Crippen LogP contribution >= 0.6 is 0 Å². The van der Waals surface area contributed by atoms with Gasteiger partial charge in [-0.15, -0.1) is 0 Å². The smallest absolute Gasteiger partial charge is 0.220 e. The van der Waals surface area contributed by atoms with Gasteiger partial charge in [0.1, 0.15) is 0 Å². The molecular formula is C15H32N2O2. The number of rotatable bonds is 10. The van der Waals surface area contributed by atoms with Gasteiger partial charge in [0.2, 0.25) is 5.91 Å². The quantitative estimate of drug-likeness (QED) is 0.570. The maximum atomic E-state index is 11.7.